The first-order valence-corrected chi connectivity index (χ1v) is 11.3. The van der Waals surface area contributed by atoms with Crippen LogP contribution in [0.2, 0.25) is 10.0 Å². The van der Waals surface area contributed by atoms with Crippen molar-refractivity contribution in [2.24, 2.45) is 0 Å². The van der Waals surface area contributed by atoms with Crippen LogP contribution in [0, 0.1) is 0 Å². The summed E-state index contributed by atoms with van der Waals surface area (Å²) in [5.74, 6) is -0.163. The smallest absolute Gasteiger partial charge is 0.316 e. The van der Waals surface area contributed by atoms with Gasteiger partial charge in [-0.05, 0) is 36.1 Å². The SMILES string of the molecule is O=C(COc1ncc(-c2ccccc2)cn1)NC1CCN(Cc2ccc(Cl)c(Cl)c2)CC1. The van der Waals surface area contributed by atoms with Crippen molar-refractivity contribution in [1.82, 2.24) is 20.2 Å². The molecule has 8 heteroatoms. The molecule has 0 spiro atoms. The largest absolute Gasteiger partial charge is 0.453 e. The molecule has 32 heavy (non-hydrogen) atoms. The van der Waals surface area contributed by atoms with E-state index in [4.69, 9.17) is 27.9 Å². The molecule has 0 atom stereocenters. The Labute approximate surface area is 197 Å². The summed E-state index contributed by atoms with van der Waals surface area (Å²) in [5.41, 5.74) is 3.06. The zero-order valence-electron chi connectivity index (χ0n) is 17.5. The number of hydrogen-bond donors (Lipinski definition) is 1. The minimum absolute atomic E-state index is 0.103. The minimum atomic E-state index is -0.163. The molecule has 6 nitrogen and oxygen atoms in total. The van der Waals surface area contributed by atoms with Crippen molar-refractivity contribution >= 4 is 29.1 Å². The number of likely N-dealkylation sites (tertiary alicyclic amines) is 1. The van der Waals surface area contributed by atoms with Gasteiger partial charge < -0.3 is 10.1 Å². The molecular weight excluding hydrogens is 447 g/mol. The van der Waals surface area contributed by atoms with E-state index in [2.05, 4.69) is 20.2 Å². The number of halogens is 2. The normalized spacial score (nSPS) is 14.8. The molecule has 1 amide bonds. The number of benzene rings is 2. The highest BCUT2D eigenvalue weighted by molar-refractivity contribution is 6.42. The number of nitrogens with one attached hydrogen (secondary N) is 1. The van der Waals surface area contributed by atoms with Crippen LogP contribution in [0.3, 0.4) is 0 Å². The summed E-state index contributed by atoms with van der Waals surface area (Å²) in [6.45, 7) is 2.51. The fourth-order valence-electron chi connectivity index (χ4n) is 3.70. The van der Waals surface area contributed by atoms with Gasteiger partial charge in [-0.3, -0.25) is 9.69 Å². The molecule has 1 aliphatic heterocycles. The van der Waals surface area contributed by atoms with E-state index >= 15 is 0 Å². The summed E-state index contributed by atoms with van der Waals surface area (Å²) < 4.78 is 5.45. The number of ether oxygens (including phenoxy) is 1. The molecule has 2 heterocycles. The van der Waals surface area contributed by atoms with Crippen LogP contribution in [0.15, 0.2) is 60.9 Å². The molecule has 1 fully saturated rings. The Kier molecular flexibility index (Phi) is 7.58. The van der Waals surface area contributed by atoms with Crippen LogP contribution >= 0.6 is 23.2 Å². The van der Waals surface area contributed by atoms with E-state index in [0.29, 0.717) is 10.0 Å². The first-order chi connectivity index (χ1) is 15.6. The van der Waals surface area contributed by atoms with Crippen LogP contribution in [0.4, 0.5) is 0 Å². The lowest BCUT2D eigenvalue weighted by molar-refractivity contribution is -0.124. The number of nitrogens with zero attached hydrogens (tertiary/aromatic N) is 3. The lowest BCUT2D eigenvalue weighted by Crippen LogP contribution is -2.45. The number of carbonyl (C=O) groups is 1. The molecule has 0 saturated carbocycles. The second-order valence-electron chi connectivity index (χ2n) is 7.78. The predicted molar refractivity (Wildman–Crippen MR) is 126 cm³/mol. The summed E-state index contributed by atoms with van der Waals surface area (Å²) in [4.78, 5) is 23.0. The second kappa shape index (κ2) is 10.8. The molecule has 3 aromatic rings. The van der Waals surface area contributed by atoms with Gasteiger partial charge in [0, 0.05) is 43.6 Å². The summed E-state index contributed by atoms with van der Waals surface area (Å²) in [7, 11) is 0. The van der Waals surface area contributed by atoms with Gasteiger partial charge in [-0.1, -0.05) is 59.6 Å². The molecule has 1 aliphatic rings. The third kappa shape index (κ3) is 6.19. The Morgan fingerprint density at radius 1 is 1.00 bits per heavy atom. The van der Waals surface area contributed by atoms with Crippen LogP contribution in [-0.2, 0) is 11.3 Å². The van der Waals surface area contributed by atoms with Gasteiger partial charge in [0.1, 0.15) is 0 Å². The monoisotopic (exact) mass is 470 g/mol. The molecule has 0 aliphatic carbocycles. The van der Waals surface area contributed by atoms with E-state index in [1.165, 1.54) is 0 Å². The van der Waals surface area contributed by atoms with Gasteiger partial charge in [-0.2, -0.15) is 0 Å². The molecule has 4 rings (SSSR count). The Balaban J connectivity index is 1.18. The third-order valence-electron chi connectivity index (χ3n) is 5.41. The van der Waals surface area contributed by atoms with E-state index in [0.717, 1.165) is 49.2 Å². The van der Waals surface area contributed by atoms with Crippen LogP contribution < -0.4 is 10.1 Å². The third-order valence-corrected chi connectivity index (χ3v) is 6.15. The molecule has 0 unspecified atom stereocenters. The van der Waals surface area contributed by atoms with E-state index < -0.39 is 0 Å². The predicted octanol–water partition coefficient (Wildman–Crippen LogP) is 4.61. The van der Waals surface area contributed by atoms with Gasteiger partial charge in [0.2, 0.25) is 0 Å². The number of hydrogen-bond acceptors (Lipinski definition) is 5. The molecular formula is C24H24Cl2N4O2. The lowest BCUT2D eigenvalue weighted by atomic mass is 10.0. The van der Waals surface area contributed by atoms with Crippen LogP contribution in [0.1, 0.15) is 18.4 Å². The average molecular weight is 471 g/mol. The number of aromatic nitrogens is 2. The van der Waals surface area contributed by atoms with Gasteiger partial charge in [-0.15, -0.1) is 0 Å². The Bertz CT molecular complexity index is 1040. The van der Waals surface area contributed by atoms with Crippen molar-refractivity contribution in [3.8, 4) is 17.1 Å². The Morgan fingerprint density at radius 3 is 2.41 bits per heavy atom. The Hall–Kier alpha value is -2.67. The van der Waals surface area contributed by atoms with Crippen LogP contribution in [0.25, 0.3) is 11.1 Å². The maximum atomic E-state index is 12.3. The first-order valence-electron chi connectivity index (χ1n) is 10.5. The van der Waals surface area contributed by atoms with Crippen molar-refractivity contribution in [3.63, 3.8) is 0 Å². The van der Waals surface area contributed by atoms with Crippen molar-refractivity contribution < 1.29 is 9.53 Å². The Morgan fingerprint density at radius 2 is 1.72 bits per heavy atom. The minimum Gasteiger partial charge on any atom is -0.453 e. The van der Waals surface area contributed by atoms with Crippen LogP contribution in [-0.4, -0.2) is 46.5 Å². The van der Waals surface area contributed by atoms with Gasteiger partial charge in [0.15, 0.2) is 6.61 Å². The van der Waals surface area contributed by atoms with Gasteiger partial charge in [0.25, 0.3) is 5.91 Å². The van der Waals surface area contributed by atoms with Gasteiger partial charge in [0.05, 0.1) is 10.0 Å². The first kappa shape index (κ1) is 22.5. The highest BCUT2D eigenvalue weighted by Crippen LogP contribution is 2.24. The van der Waals surface area contributed by atoms with E-state index in [-0.39, 0.29) is 24.6 Å². The molecule has 0 radical (unpaired) electrons. The highest BCUT2D eigenvalue weighted by atomic mass is 35.5. The summed E-state index contributed by atoms with van der Waals surface area (Å²) >= 11 is 12.1. The van der Waals surface area contributed by atoms with E-state index in [9.17, 15) is 4.79 Å². The maximum absolute atomic E-state index is 12.3. The number of carbonyl (C=O) groups excluding carboxylic acids is 1. The van der Waals surface area contributed by atoms with Crippen molar-refractivity contribution in [2.75, 3.05) is 19.7 Å². The fourth-order valence-corrected chi connectivity index (χ4v) is 4.02. The number of piperidine rings is 1. The molecule has 1 aromatic heterocycles. The van der Waals surface area contributed by atoms with Crippen LogP contribution in [0.5, 0.6) is 6.01 Å². The standard InChI is InChI=1S/C24H24Cl2N4O2/c25-21-7-6-17(12-22(21)26)15-30-10-8-20(9-11-30)29-23(31)16-32-24-27-13-19(14-28-24)18-4-2-1-3-5-18/h1-7,12-14,20H,8-11,15-16H2,(H,29,31). The van der Waals surface area contributed by atoms with Gasteiger partial charge in [-0.25, -0.2) is 9.97 Å². The fraction of sp³-hybridized carbons (Fsp3) is 0.292. The highest BCUT2D eigenvalue weighted by Gasteiger charge is 2.21. The van der Waals surface area contributed by atoms with Crippen molar-refractivity contribution in [3.05, 3.63) is 76.5 Å². The maximum Gasteiger partial charge on any atom is 0.316 e. The zero-order valence-corrected chi connectivity index (χ0v) is 19.0. The van der Waals surface area contributed by atoms with E-state index in [1.807, 2.05) is 48.5 Å². The van der Waals surface area contributed by atoms with E-state index in [1.54, 1.807) is 12.4 Å². The topological polar surface area (TPSA) is 67.3 Å². The van der Waals surface area contributed by atoms with Crippen molar-refractivity contribution in [1.29, 1.82) is 0 Å². The quantitative estimate of drug-likeness (QED) is 0.545. The molecule has 166 valence electrons. The molecule has 1 saturated heterocycles. The second-order valence-corrected chi connectivity index (χ2v) is 8.59. The van der Waals surface area contributed by atoms with Crippen molar-refractivity contribution in [2.45, 2.75) is 25.4 Å². The summed E-state index contributed by atoms with van der Waals surface area (Å²) in [5, 5.41) is 4.18. The molecule has 1 N–H and O–H groups in total. The average Bonchev–Trinajstić information content (AvgIpc) is 2.82. The molecule has 2 aromatic carbocycles. The summed E-state index contributed by atoms with van der Waals surface area (Å²) in [6, 6.07) is 15.9. The number of rotatable bonds is 7. The number of amides is 1. The summed E-state index contributed by atoms with van der Waals surface area (Å²) in [6.07, 6.45) is 5.16. The lowest BCUT2D eigenvalue weighted by Gasteiger charge is -2.32. The molecule has 0 bridgehead atoms. The van der Waals surface area contributed by atoms with Gasteiger partial charge >= 0.3 is 6.01 Å². The zero-order chi connectivity index (χ0) is 22.3.